The normalized spacial score (nSPS) is 20.1. The number of aromatic nitrogens is 1. The monoisotopic (exact) mass is 201 g/mol. The lowest BCUT2D eigenvalue weighted by Crippen LogP contribution is -1.96. The molecule has 78 valence electrons. The molecule has 0 bridgehead atoms. The van der Waals surface area contributed by atoms with Crippen LogP contribution in [0.5, 0.6) is 0 Å². The van der Waals surface area contributed by atoms with Crippen LogP contribution in [0.2, 0.25) is 0 Å². The van der Waals surface area contributed by atoms with Crippen molar-refractivity contribution in [1.29, 1.82) is 0 Å². The van der Waals surface area contributed by atoms with Gasteiger partial charge in [0, 0.05) is 11.8 Å². The molecule has 0 aliphatic heterocycles. The van der Waals surface area contributed by atoms with Crippen LogP contribution in [0.1, 0.15) is 37.6 Å². The van der Waals surface area contributed by atoms with E-state index in [1.54, 1.807) is 6.20 Å². The van der Waals surface area contributed by atoms with Crippen LogP contribution in [0.4, 0.5) is 0 Å². The highest BCUT2D eigenvalue weighted by molar-refractivity contribution is 5.76. The fraction of sp³-hybridized carbons (Fsp3) is 0.308. The highest BCUT2D eigenvalue weighted by Gasteiger charge is 2.26. The number of aliphatic hydroxyl groups excluding tert-OH is 1. The van der Waals surface area contributed by atoms with Crippen LogP contribution < -0.4 is 0 Å². The molecule has 1 aliphatic rings. The van der Waals surface area contributed by atoms with E-state index in [4.69, 9.17) is 0 Å². The number of fused-ring (bicyclic) bond motifs is 1. The SMILES string of the molecule is C/C=C\CC1=C(C)C(O)c2ncccc21. The third kappa shape index (κ3) is 1.61. The van der Waals surface area contributed by atoms with Gasteiger partial charge in [-0.25, -0.2) is 0 Å². The third-order valence-electron chi connectivity index (χ3n) is 2.87. The zero-order valence-electron chi connectivity index (χ0n) is 9.07. The molecular weight excluding hydrogens is 186 g/mol. The summed E-state index contributed by atoms with van der Waals surface area (Å²) in [4.78, 5) is 4.23. The number of rotatable bonds is 2. The lowest BCUT2D eigenvalue weighted by atomic mass is 10.0. The second-order valence-corrected chi connectivity index (χ2v) is 3.77. The van der Waals surface area contributed by atoms with E-state index in [0.29, 0.717) is 0 Å². The number of hydrogen-bond acceptors (Lipinski definition) is 2. The van der Waals surface area contributed by atoms with Crippen LogP contribution in [0.3, 0.4) is 0 Å². The maximum atomic E-state index is 9.98. The molecule has 0 saturated heterocycles. The molecule has 1 aromatic heterocycles. The van der Waals surface area contributed by atoms with Gasteiger partial charge in [0.2, 0.25) is 0 Å². The minimum atomic E-state index is -0.513. The Hall–Kier alpha value is -1.41. The van der Waals surface area contributed by atoms with Crippen LogP contribution in [-0.4, -0.2) is 10.1 Å². The van der Waals surface area contributed by atoms with Gasteiger partial charge in [0.15, 0.2) is 0 Å². The van der Waals surface area contributed by atoms with Crippen molar-refractivity contribution in [3.63, 3.8) is 0 Å². The van der Waals surface area contributed by atoms with E-state index in [2.05, 4.69) is 11.1 Å². The van der Waals surface area contributed by atoms with Crippen LogP contribution >= 0.6 is 0 Å². The van der Waals surface area contributed by atoms with Crippen molar-refractivity contribution in [2.45, 2.75) is 26.4 Å². The van der Waals surface area contributed by atoms with Crippen molar-refractivity contribution < 1.29 is 5.11 Å². The smallest absolute Gasteiger partial charge is 0.118 e. The van der Waals surface area contributed by atoms with Crippen molar-refractivity contribution in [2.24, 2.45) is 0 Å². The predicted octanol–water partition coefficient (Wildman–Crippen LogP) is 2.87. The van der Waals surface area contributed by atoms with Gasteiger partial charge in [0.05, 0.1) is 5.69 Å². The van der Waals surface area contributed by atoms with Gasteiger partial charge in [-0.2, -0.15) is 0 Å². The summed E-state index contributed by atoms with van der Waals surface area (Å²) in [5.74, 6) is 0. The van der Waals surface area contributed by atoms with Crippen LogP contribution in [0, 0.1) is 0 Å². The summed E-state index contributed by atoms with van der Waals surface area (Å²) in [7, 11) is 0. The Balaban J connectivity index is 2.44. The molecule has 1 aromatic rings. The molecule has 0 saturated carbocycles. The summed E-state index contributed by atoms with van der Waals surface area (Å²) in [5, 5.41) is 9.98. The van der Waals surface area contributed by atoms with Gasteiger partial charge in [0.1, 0.15) is 6.10 Å². The largest absolute Gasteiger partial charge is 0.382 e. The van der Waals surface area contributed by atoms with E-state index in [1.165, 1.54) is 5.57 Å². The predicted molar refractivity (Wildman–Crippen MR) is 61.2 cm³/mol. The molecule has 2 nitrogen and oxygen atoms in total. The minimum absolute atomic E-state index is 0.513. The highest BCUT2D eigenvalue weighted by atomic mass is 16.3. The molecular formula is C13H15NO. The Morgan fingerprint density at radius 2 is 2.33 bits per heavy atom. The summed E-state index contributed by atoms with van der Waals surface area (Å²) in [6.45, 7) is 3.98. The van der Waals surface area contributed by atoms with E-state index < -0.39 is 6.10 Å². The zero-order chi connectivity index (χ0) is 10.8. The van der Waals surface area contributed by atoms with Crippen LogP contribution in [0.25, 0.3) is 5.57 Å². The molecule has 2 rings (SSSR count). The first kappa shape index (κ1) is 10.1. The van der Waals surface area contributed by atoms with Crippen molar-refractivity contribution in [1.82, 2.24) is 4.98 Å². The summed E-state index contributed by atoms with van der Waals surface area (Å²) in [5.41, 5.74) is 4.14. The number of nitrogens with zero attached hydrogens (tertiary/aromatic N) is 1. The summed E-state index contributed by atoms with van der Waals surface area (Å²) in [6, 6.07) is 3.95. The second kappa shape index (κ2) is 3.99. The quantitative estimate of drug-likeness (QED) is 0.746. The highest BCUT2D eigenvalue weighted by Crippen LogP contribution is 2.40. The molecule has 0 radical (unpaired) electrons. The fourth-order valence-electron chi connectivity index (χ4n) is 1.98. The maximum absolute atomic E-state index is 9.98. The van der Waals surface area contributed by atoms with E-state index >= 15 is 0 Å². The zero-order valence-corrected chi connectivity index (χ0v) is 9.07. The van der Waals surface area contributed by atoms with Crippen LogP contribution in [0.15, 0.2) is 36.1 Å². The van der Waals surface area contributed by atoms with Gasteiger partial charge in [-0.3, -0.25) is 4.98 Å². The third-order valence-corrected chi connectivity index (χ3v) is 2.87. The van der Waals surface area contributed by atoms with E-state index in [0.717, 1.165) is 23.3 Å². The van der Waals surface area contributed by atoms with Gasteiger partial charge >= 0.3 is 0 Å². The number of hydrogen-bond donors (Lipinski definition) is 1. The number of allylic oxidation sites excluding steroid dienone is 3. The molecule has 15 heavy (non-hydrogen) atoms. The number of aliphatic hydroxyl groups is 1. The van der Waals surface area contributed by atoms with E-state index in [9.17, 15) is 5.11 Å². The molecule has 1 heterocycles. The molecule has 0 amide bonds. The molecule has 0 aromatic carbocycles. The number of pyridine rings is 1. The first-order chi connectivity index (χ1) is 7.25. The van der Waals surface area contributed by atoms with Gasteiger partial charge in [-0.1, -0.05) is 18.2 Å². The van der Waals surface area contributed by atoms with Crippen molar-refractivity contribution in [2.75, 3.05) is 0 Å². The standard InChI is InChI=1S/C13H15NO/c1-3-4-6-10-9(2)13(15)12-11(10)7-5-8-14-12/h3-5,7-8,13,15H,6H2,1-2H3/b4-3-. The van der Waals surface area contributed by atoms with Gasteiger partial charge in [-0.15, -0.1) is 0 Å². The topological polar surface area (TPSA) is 33.1 Å². The Morgan fingerprint density at radius 1 is 1.53 bits per heavy atom. The first-order valence-corrected chi connectivity index (χ1v) is 5.20. The van der Waals surface area contributed by atoms with Crippen molar-refractivity contribution >= 4 is 5.57 Å². The Labute approximate surface area is 90.0 Å². The van der Waals surface area contributed by atoms with E-state index in [1.807, 2.05) is 32.1 Å². The molecule has 0 fully saturated rings. The molecule has 1 N–H and O–H groups in total. The molecule has 1 unspecified atom stereocenters. The lowest BCUT2D eigenvalue weighted by molar-refractivity contribution is 0.215. The molecule has 2 heteroatoms. The van der Waals surface area contributed by atoms with Crippen molar-refractivity contribution in [3.05, 3.63) is 47.3 Å². The molecule has 0 spiro atoms. The maximum Gasteiger partial charge on any atom is 0.118 e. The average Bonchev–Trinajstić information content (AvgIpc) is 2.51. The fourth-order valence-corrected chi connectivity index (χ4v) is 1.98. The second-order valence-electron chi connectivity index (χ2n) is 3.77. The molecule has 1 aliphatic carbocycles. The van der Waals surface area contributed by atoms with E-state index in [-0.39, 0.29) is 0 Å². The summed E-state index contributed by atoms with van der Waals surface area (Å²) >= 11 is 0. The molecule has 1 atom stereocenters. The minimum Gasteiger partial charge on any atom is -0.382 e. The Bertz CT molecular complexity index is 432. The van der Waals surface area contributed by atoms with Gasteiger partial charge < -0.3 is 5.11 Å². The van der Waals surface area contributed by atoms with Gasteiger partial charge in [-0.05, 0) is 37.5 Å². The summed E-state index contributed by atoms with van der Waals surface area (Å²) < 4.78 is 0. The van der Waals surface area contributed by atoms with Crippen LogP contribution in [-0.2, 0) is 0 Å². The average molecular weight is 201 g/mol. The van der Waals surface area contributed by atoms with Gasteiger partial charge in [0.25, 0.3) is 0 Å². The lowest BCUT2D eigenvalue weighted by Gasteiger charge is -2.03. The Kier molecular flexibility index (Phi) is 2.69. The first-order valence-electron chi connectivity index (χ1n) is 5.20. The Morgan fingerprint density at radius 3 is 3.07 bits per heavy atom. The van der Waals surface area contributed by atoms with Crippen molar-refractivity contribution in [3.8, 4) is 0 Å². The summed E-state index contributed by atoms with van der Waals surface area (Å²) in [6.07, 6.45) is 6.22.